The summed E-state index contributed by atoms with van der Waals surface area (Å²) in [6.07, 6.45) is 2.68. The largest absolute Gasteiger partial charge is 0.357 e. The smallest absolute Gasteiger partial charge is 0.191 e. The van der Waals surface area contributed by atoms with E-state index < -0.39 is 0 Å². The molecule has 4 nitrogen and oxygen atoms in total. The van der Waals surface area contributed by atoms with Crippen LogP contribution >= 0.6 is 11.6 Å². The lowest BCUT2D eigenvalue weighted by Gasteiger charge is -2.11. The average Bonchev–Trinajstić information content (AvgIpc) is 2.56. The van der Waals surface area contributed by atoms with Crippen molar-refractivity contribution >= 4 is 17.6 Å². The first-order valence-corrected chi connectivity index (χ1v) is 8.24. The van der Waals surface area contributed by atoms with E-state index in [0.717, 1.165) is 31.0 Å². The fraction of sp³-hybridized carbons (Fsp3) is 0.333. The SMILES string of the molecule is CCNC(=NCc1ccccc1C)NCCc1ccc(Cl)nc1. The predicted octanol–water partition coefficient (Wildman–Crippen LogP) is 3.34. The van der Waals surface area contributed by atoms with Crippen LogP contribution in [0.1, 0.15) is 23.6 Å². The number of hydrogen-bond acceptors (Lipinski definition) is 2. The van der Waals surface area contributed by atoms with Crippen LogP contribution in [0.5, 0.6) is 0 Å². The molecule has 1 heterocycles. The van der Waals surface area contributed by atoms with E-state index in [1.807, 2.05) is 24.3 Å². The van der Waals surface area contributed by atoms with E-state index in [1.165, 1.54) is 11.1 Å². The minimum Gasteiger partial charge on any atom is -0.357 e. The van der Waals surface area contributed by atoms with E-state index in [4.69, 9.17) is 11.6 Å². The first-order valence-electron chi connectivity index (χ1n) is 7.86. The number of pyridine rings is 1. The van der Waals surface area contributed by atoms with Crippen LogP contribution in [0.2, 0.25) is 5.15 Å². The molecule has 0 spiro atoms. The van der Waals surface area contributed by atoms with Crippen LogP contribution < -0.4 is 10.6 Å². The number of aryl methyl sites for hydroxylation is 1. The van der Waals surface area contributed by atoms with Crippen LogP contribution in [-0.4, -0.2) is 24.0 Å². The van der Waals surface area contributed by atoms with Crippen molar-refractivity contribution in [2.45, 2.75) is 26.8 Å². The Morgan fingerprint density at radius 1 is 1.17 bits per heavy atom. The maximum absolute atomic E-state index is 5.79. The van der Waals surface area contributed by atoms with Crippen molar-refractivity contribution < 1.29 is 0 Å². The number of rotatable bonds is 6. The van der Waals surface area contributed by atoms with Crippen molar-refractivity contribution in [3.05, 3.63) is 64.4 Å². The standard InChI is InChI=1S/C18H23ClN4/c1-3-20-18(23-13-16-7-5-4-6-14(16)2)21-11-10-15-8-9-17(19)22-12-15/h4-9,12H,3,10-11,13H2,1-2H3,(H2,20,21,23). The first kappa shape index (κ1) is 17.3. The Labute approximate surface area is 143 Å². The summed E-state index contributed by atoms with van der Waals surface area (Å²) in [6, 6.07) is 12.1. The molecule has 0 saturated carbocycles. The molecule has 0 saturated heterocycles. The molecule has 0 aliphatic heterocycles. The molecule has 0 amide bonds. The van der Waals surface area contributed by atoms with Crippen molar-refractivity contribution in [1.29, 1.82) is 0 Å². The highest BCUT2D eigenvalue weighted by molar-refractivity contribution is 6.29. The molecule has 2 aromatic rings. The Bertz CT molecular complexity index is 638. The zero-order valence-corrected chi connectivity index (χ0v) is 14.4. The van der Waals surface area contributed by atoms with Gasteiger partial charge in [-0.25, -0.2) is 9.98 Å². The van der Waals surface area contributed by atoms with Crippen molar-refractivity contribution in [1.82, 2.24) is 15.6 Å². The molecule has 1 aromatic heterocycles. The van der Waals surface area contributed by atoms with E-state index >= 15 is 0 Å². The van der Waals surface area contributed by atoms with Gasteiger partial charge in [0, 0.05) is 19.3 Å². The van der Waals surface area contributed by atoms with E-state index in [9.17, 15) is 0 Å². The summed E-state index contributed by atoms with van der Waals surface area (Å²) in [6.45, 7) is 6.47. The fourth-order valence-electron chi connectivity index (χ4n) is 2.17. The van der Waals surface area contributed by atoms with Gasteiger partial charge < -0.3 is 10.6 Å². The van der Waals surface area contributed by atoms with Crippen LogP contribution in [0.3, 0.4) is 0 Å². The lowest BCUT2D eigenvalue weighted by molar-refractivity contribution is 0.797. The number of guanidine groups is 1. The van der Waals surface area contributed by atoms with Crippen molar-refractivity contribution in [2.75, 3.05) is 13.1 Å². The average molecular weight is 331 g/mol. The molecule has 0 atom stereocenters. The molecule has 0 fully saturated rings. The zero-order chi connectivity index (χ0) is 16.5. The number of aromatic nitrogens is 1. The van der Waals surface area contributed by atoms with Crippen molar-refractivity contribution in [2.24, 2.45) is 4.99 Å². The summed E-state index contributed by atoms with van der Waals surface area (Å²) in [4.78, 5) is 8.74. The minimum atomic E-state index is 0.523. The second-order valence-corrected chi connectivity index (χ2v) is 5.67. The van der Waals surface area contributed by atoms with Gasteiger partial charge in [0.25, 0.3) is 0 Å². The maximum Gasteiger partial charge on any atom is 0.191 e. The zero-order valence-electron chi connectivity index (χ0n) is 13.6. The number of benzene rings is 1. The summed E-state index contributed by atoms with van der Waals surface area (Å²) in [5.74, 6) is 0.831. The third-order valence-electron chi connectivity index (χ3n) is 3.51. The van der Waals surface area contributed by atoms with E-state index in [1.54, 1.807) is 6.20 Å². The Balaban J connectivity index is 1.89. The molecule has 0 aliphatic carbocycles. The molecular formula is C18H23ClN4. The van der Waals surface area contributed by atoms with Crippen molar-refractivity contribution in [3.63, 3.8) is 0 Å². The van der Waals surface area contributed by atoms with E-state index in [-0.39, 0.29) is 0 Å². The van der Waals surface area contributed by atoms with E-state index in [0.29, 0.717) is 11.7 Å². The molecule has 0 unspecified atom stereocenters. The molecule has 0 bridgehead atoms. The molecular weight excluding hydrogens is 308 g/mol. The van der Waals surface area contributed by atoms with Gasteiger partial charge in [-0.1, -0.05) is 41.9 Å². The molecule has 5 heteroatoms. The third kappa shape index (κ3) is 5.91. The van der Waals surface area contributed by atoms with Gasteiger partial charge >= 0.3 is 0 Å². The molecule has 0 radical (unpaired) electrons. The number of hydrogen-bond donors (Lipinski definition) is 2. The summed E-state index contributed by atoms with van der Waals surface area (Å²) in [7, 11) is 0. The second-order valence-electron chi connectivity index (χ2n) is 5.29. The van der Waals surface area contributed by atoms with Crippen LogP contribution in [0.25, 0.3) is 0 Å². The predicted molar refractivity (Wildman–Crippen MR) is 96.9 cm³/mol. The van der Waals surface area contributed by atoms with Crippen LogP contribution in [0.15, 0.2) is 47.6 Å². The number of aliphatic imine (C=N–C) groups is 1. The van der Waals surface area contributed by atoms with Gasteiger partial charge in [-0.15, -0.1) is 0 Å². The summed E-state index contributed by atoms with van der Waals surface area (Å²) in [5.41, 5.74) is 3.66. The highest BCUT2D eigenvalue weighted by Gasteiger charge is 2.00. The molecule has 122 valence electrons. The third-order valence-corrected chi connectivity index (χ3v) is 3.73. The number of halogens is 1. The van der Waals surface area contributed by atoms with Gasteiger partial charge in [-0.2, -0.15) is 0 Å². The van der Waals surface area contributed by atoms with Crippen LogP contribution in [0.4, 0.5) is 0 Å². The monoisotopic (exact) mass is 330 g/mol. The van der Waals surface area contributed by atoms with Gasteiger partial charge in [0.05, 0.1) is 6.54 Å². The quantitative estimate of drug-likeness (QED) is 0.485. The van der Waals surface area contributed by atoms with E-state index in [2.05, 4.69) is 46.6 Å². The highest BCUT2D eigenvalue weighted by atomic mass is 35.5. The Morgan fingerprint density at radius 2 is 2.00 bits per heavy atom. The second kappa shape index (κ2) is 9.16. The maximum atomic E-state index is 5.79. The topological polar surface area (TPSA) is 49.3 Å². The first-order chi connectivity index (χ1) is 11.2. The van der Waals surface area contributed by atoms with Crippen LogP contribution in [0, 0.1) is 6.92 Å². The Hall–Kier alpha value is -2.07. The minimum absolute atomic E-state index is 0.523. The Morgan fingerprint density at radius 3 is 2.70 bits per heavy atom. The van der Waals surface area contributed by atoms with Gasteiger partial charge in [0.15, 0.2) is 5.96 Å². The summed E-state index contributed by atoms with van der Waals surface area (Å²) in [5, 5.41) is 7.14. The molecule has 23 heavy (non-hydrogen) atoms. The number of nitrogens with one attached hydrogen (secondary N) is 2. The van der Waals surface area contributed by atoms with Crippen molar-refractivity contribution in [3.8, 4) is 0 Å². The molecule has 1 aromatic carbocycles. The fourth-order valence-corrected chi connectivity index (χ4v) is 2.28. The highest BCUT2D eigenvalue weighted by Crippen LogP contribution is 2.08. The summed E-state index contributed by atoms with van der Waals surface area (Å²) < 4.78 is 0. The lowest BCUT2D eigenvalue weighted by Crippen LogP contribution is -2.38. The van der Waals surface area contributed by atoms with Gasteiger partial charge in [-0.3, -0.25) is 0 Å². The number of nitrogens with zero attached hydrogens (tertiary/aromatic N) is 2. The van der Waals surface area contributed by atoms with Gasteiger partial charge in [0.2, 0.25) is 0 Å². The molecule has 0 aliphatic rings. The van der Waals surface area contributed by atoms with Crippen LogP contribution in [-0.2, 0) is 13.0 Å². The molecule has 2 N–H and O–H groups in total. The van der Waals surface area contributed by atoms with Gasteiger partial charge in [-0.05, 0) is 43.0 Å². The van der Waals surface area contributed by atoms with Gasteiger partial charge in [0.1, 0.15) is 5.15 Å². The summed E-state index contributed by atoms with van der Waals surface area (Å²) >= 11 is 5.79. The molecule has 2 rings (SSSR count). The Kier molecular flexibility index (Phi) is 6.88. The lowest BCUT2D eigenvalue weighted by atomic mass is 10.1. The normalized spacial score (nSPS) is 11.3.